The van der Waals surface area contributed by atoms with Crippen molar-refractivity contribution in [3.63, 3.8) is 0 Å². The third-order valence-electron chi connectivity index (χ3n) is 2.90. The van der Waals surface area contributed by atoms with Crippen molar-refractivity contribution in [1.29, 1.82) is 0 Å². The molecule has 1 atom stereocenters. The van der Waals surface area contributed by atoms with Crippen molar-refractivity contribution in [2.75, 3.05) is 5.73 Å². The molecule has 1 heterocycles. The summed E-state index contributed by atoms with van der Waals surface area (Å²) in [7, 11) is 0. The number of carbonyl (C=O) groups is 1. The third kappa shape index (κ3) is 3.14. The first-order valence-corrected chi connectivity index (χ1v) is 6.15. The van der Waals surface area contributed by atoms with E-state index < -0.39 is 17.7 Å². The van der Waals surface area contributed by atoms with Crippen LogP contribution >= 0.6 is 0 Å². The summed E-state index contributed by atoms with van der Waals surface area (Å²) in [5, 5.41) is 2.65. The number of benzene rings is 1. The normalized spacial score (nSPS) is 12.2. The van der Waals surface area contributed by atoms with Crippen molar-refractivity contribution < 1.29 is 13.6 Å². The molecule has 1 amide bonds. The van der Waals surface area contributed by atoms with Crippen molar-refractivity contribution in [3.05, 3.63) is 53.4 Å². The summed E-state index contributed by atoms with van der Waals surface area (Å²) >= 11 is 0. The molecule has 0 radical (unpaired) electrons. The maximum Gasteiger partial charge on any atom is 0.267 e. The van der Waals surface area contributed by atoms with Crippen molar-refractivity contribution in [1.82, 2.24) is 10.3 Å². The highest BCUT2D eigenvalue weighted by Crippen LogP contribution is 2.14. The molecule has 6 heteroatoms. The van der Waals surface area contributed by atoms with E-state index in [1.54, 1.807) is 6.92 Å². The predicted octanol–water partition coefficient (Wildman–Crippen LogP) is 2.24. The van der Waals surface area contributed by atoms with Gasteiger partial charge in [0.1, 0.15) is 17.3 Å². The second-order valence-electron chi connectivity index (χ2n) is 4.63. The van der Waals surface area contributed by atoms with Crippen molar-refractivity contribution >= 4 is 11.6 Å². The molecule has 0 spiro atoms. The van der Waals surface area contributed by atoms with Gasteiger partial charge in [0.15, 0.2) is 0 Å². The summed E-state index contributed by atoms with van der Waals surface area (Å²) in [6.07, 6.45) is 1.57. The lowest BCUT2D eigenvalue weighted by Crippen LogP contribution is -2.34. The van der Waals surface area contributed by atoms with Crippen LogP contribution in [0.4, 0.5) is 14.5 Å². The highest BCUT2D eigenvalue weighted by Gasteiger charge is 2.15. The Morgan fingerprint density at radius 3 is 2.60 bits per heavy atom. The zero-order valence-corrected chi connectivity index (χ0v) is 10.9. The molecule has 0 aliphatic rings. The maximum absolute atomic E-state index is 13.5. The zero-order chi connectivity index (χ0) is 14.7. The van der Waals surface area contributed by atoms with Gasteiger partial charge >= 0.3 is 0 Å². The first-order valence-electron chi connectivity index (χ1n) is 6.15. The van der Waals surface area contributed by atoms with Crippen LogP contribution in [0.3, 0.4) is 0 Å². The largest absolute Gasteiger partial charge is 0.397 e. The summed E-state index contributed by atoms with van der Waals surface area (Å²) in [6.45, 7) is 1.68. The average Bonchev–Trinajstić information content (AvgIpc) is 2.81. The van der Waals surface area contributed by atoms with E-state index in [-0.39, 0.29) is 17.9 Å². The van der Waals surface area contributed by atoms with E-state index >= 15 is 0 Å². The molecule has 1 aromatic heterocycles. The molecular weight excluding hydrogens is 264 g/mol. The number of carbonyl (C=O) groups excluding carboxylic acids is 1. The van der Waals surface area contributed by atoms with Gasteiger partial charge < -0.3 is 16.0 Å². The highest BCUT2D eigenvalue weighted by molar-refractivity contribution is 5.93. The van der Waals surface area contributed by atoms with Gasteiger partial charge in [-0.3, -0.25) is 4.79 Å². The second kappa shape index (κ2) is 5.73. The molecule has 0 saturated heterocycles. The van der Waals surface area contributed by atoms with Crippen LogP contribution in [0.2, 0.25) is 0 Å². The van der Waals surface area contributed by atoms with Crippen LogP contribution < -0.4 is 11.1 Å². The third-order valence-corrected chi connectivity index (χ3v) is 2.90. The fraction of sp³-hybridized carbons (Fsp3) is 0.214. The first kappa shape index (κ1) is 14.0. The number of halogens is 2. The minimum Gasteiger partial charge on any atom is -0.397 e. The number of nitrogens with two attached hydrogens (primary N) is 1. The van der Waals surface area contributed by atoms with E-state index in [0.29, 0.717) is 11.4 Å². The van der Waals surface area contributed by atoms with Gasteiger partial charge in [0, 0.05) is 23.5 Å². The van der Waals surface area contributed by atoms with E-state index in [0.717, 1.165) is 0 Å². The molecule has 2 rings (SSSR count). The summed E-state index contributed by atoms with van der Waals surface area (Å²) in [4.78, 5) is 14.6. The first-order chi connectivity index (χ1) is 9.47. The minimum absolute atomic E-state index is 0.0358. The number of hydrogen-bond donors (Lipinski definition) is 3. The molecule has 1 unspecified atom stereocenters. The van der Waals surface area contributed by atoms with E-state index in [9.17, 15) is 13.6 Å². The molecule has 2 aromatic rings. The van der Waals surface area contributed by atoms with Gasteiger partial charge in [-0.15, -0.1) is 0 Å². The molecule has 0 bridgehead atoms. The minimum atomic E-state index is -0.616. The number of nitrogens with one attached hydrogen (secondary N) is 2. The fourth-order valence-electron chi connectivity index (χ4n) is 1.93. The molecule has 0 fully saturated rings. The Kier molecular flexibility index (Phi) is 4.02. The number of hydrogen-bond acceptors (Lipinski definition) is 2. The Labute approximate surface area is 115 Å². The number of amides is 1. The van der Waals surface area contributed by atoms with Gasteiger partial charge in [-0.1, -0.05) is 6.07 Å². The van der Waals surface area contributed by atoms with Gasteiger partial charge in [0.05, 0.1) is 0 Å². The van der Waals surface area contributed by atoms with E-state index in [4.69, 9.17) is 5.73 Å². The van der Waals surface area contributed by atoms with Gasteiger partial charge in [0.2, 0.25) is 0 Å². The monoisotopic (exact) mass is 279 g/mol. The number of rotatable bonds is 4. The maximum atomic E-state index is 13.5. The summed E-state index contributed by atoms with van der Waals surface area (Å²) < 4.78 is 27.0. The molecule has 0 saturated carbocycles. The van der Waals surface area contributed by atoms with Crippen LogP contribution in [0.5, 0.6) is 0 Å². The lowest BCUT2D eigenvalue weighted by Gasteiger charge is -2.14. The molecule has 0 aliphatic heterocycles. The van der Waals surface area contributed by atoms with Gasteiger partial charge in [-0.2, -0.15) is 0 Å². The Morgan fingerprint density at radius 1 is 1.40 bits per heavy atom. The Morgan fingerprint density at radius 2 is 2.05 bits per heavy atom. The van der Waals surface area contributed by atoms with Crippen LogP contribution in [0, 0.1) is 11.6 Å². The lowest BCUT2D eigenvalue weighted by molar-refractivity contribution is 0.0935. The van der Waals surface area contributed by atoms with Gasteiger partial charge in [0.25, 0.3) is 5.91 Å². The standard InChI is InChI=1S/C14H15F2N3O/c1-8(5-10-11(15)3-2-4-12(10)16)19-14(20)13-6-9(17)7-18-13/h2-4,6-8,18H,5,17H2,1H3,(H,19,20). The van der Waals surface area contributed by atoms with Crippen LogP contribution in [0.1, 0.15) is 23.0 Å². The van der Waals surface area contributed by atoms with Gasteiger partial charge in [-0.25, -0.2) is 8.78 Å². The number of H-pyrrole nitrogens is 1. The Balaban J connectivity index is 2.02. The number of anilines is 1. The average molecular weight is 279 g/mol. The topological polar surface area (TPSA) is 70.9 Å². The smallest absolute Gasteiger partial charge is 0.267 e. The van der Waals surface area contributed by atoms with Crippen LogP contribution in [0.25, 0.3) is 0 Å². The quantitative estimate of drug-likeness (QED) is 0.803. The second-order valence-corrected chi connectivity index (χ2v) is 4.63. The van der Waals surface area contributed by atoms with E-state index in [1.807, 2.05) is 0 Å². The Bertz CT molecular complexity index is 604. The molecule has 106 valence electrons. The zero-order valence-electron chi connectivity index (χ0n) is 10.9. The Hall–Kier alpha value is -2.37. The summed E-state index contributed by atoms with van der Waals surface area (Å²) in [5.74, 6) is -1.60. The van der Waals surface area contributed by atoms with Crippen molar-refractivity contribution in [2.45, 2.75) is 19.4 Å². The predicted molar refractivity (Wildman–Crippen MR) is 72.2 cm³/mol. The van der Waals surface area contributed by atoms with Crippen molar-refractivity contribution in [2.24, 2.45) is 0 Å². The fourth-order valence-corrected chi connectivity index (χ4v) is 1.93. The number of aromatic amines is 1. The van der Waals surface area contributed by atoms with E-state index in [2.05, 4.69) is 10.3 Å². The van der Waals surface area contributed by atoms with Crippen LogP contribution in [-0.2, 0) is 6.42 Å². The summed E-state index contributed by atoms with van der Waals surface area (Å²) in [5.41, 5.74) is 6.22. The van der Waals surface area contributed by atoms with Gasteiger partial charge in [-0.05, 0) is 31.5 Å². The molecule has 0 aliphatic carbocycles. The van der Waals surface area contributed by atoms with Crippen molar-refractivity contribution in [3.8, 4) is 0 Å². The molecule has 4 nitrogen and oxygen atoms in total. The summed E-state index contributed by atoms with van der Waals surface area (Å²) in [6, 6.07) is 4.76. The van der Waals surface area contributed by atoms with Crippen LogP contribution in [0.15, 0.2) is 30.5 Å². The number of aromatic nitrogens is 1. The molecule has 1 aromatic carbocycles. The molecule has 4 N–H and O–H groups in total. The highest BCUT2D eigenvalue weighted by atomic mass is 19.1. The van der Waals surface area contributed by atoms with Crippen LogP contribution in [-0.4, -0.2) is 16.9 Å². The molecule has 20 heavy (non-hydrogen) atoms. The lowest BCUT2D eigenvalue weighted by atomic mass is 10.1. The number of nitrogen functional groups attached to an aromatic ring is 1. The SMILES string of the molecule is CC(Cc1c(F)cccc1F)NC(=O)c1cc(N)c[nH]1. The molecular formula is C14H15F2N3O. The van der Waals surface area contributed by atoms with E-state index in [1.165, 1.54) is 30.5 Å².